The first kappa shape index (κ1) is 20.0. The molecule has 0 aromatic carbocycles. The molecule has 1 aromatic heterocycles. The van der Waals surface area contributed by atoms with Gasteiger partial charge in [-0.15, -0.1) is 0 Å². The minimum Gasteiger partial charge on any atom is -0.396 e. The van der Waals surface area contributed by atoms with Crippen molar-refractivity contribution in [3.05, 3.63) is 39.8 Å². The minimum atomic E-state index is -0.322. The van der Waals surface area contributed by atoms with Crippen molar-refractivity contribution < 1.29 is 14.6 Å². The number of allylic oxidation sites excluding steroid dienone is 1. The molecule has 162 valence electrons. The quantitative estimate of drug-likeness (QED) is 0.783. The Morgan fingerprint density at radius 2 is 2.03 bits per heavy atom. The summed E-state index contributed by atoms with van der Waals surface area (Å²) in [5.41, 5.74) is 1.60. The molecule has 1 aliphatic carbocycles. The maximum Gasteiger partial charge on any atom is 0.258 e. The van der Waals surface area contributed by atoms with Crippen molar-refractivity contribution >= 4 is 12.0 Å². The lowest BCUT2D eigenvalue weighted by Crippen LogP contribution is -2.48. The minimum absolute atomic E-state index is 0.00262. The van der Waals surface area contributed by atoms with E-state index in [1.807, 2.05) is 40.7 Å². The van der Waals surface area contributed by atoms with Crippen molar-refractivity contribution in [2.45, 2.75) is 38.4 Å². The number of amides is 1. The molecule has 2 bridgehead atoms. The van der Waals surface area contributed by atoms with Gasteiger partial charge >= 0.3 is 0 Å². The van der Waals surface area contributed by atoms with E-state index in [4.69, 9.17) is 4.74 Å². The highest BCUT2D eigenvalue weighted by Gasteiger charge is 2.57. The third kappa shape index (κ3) is 3.24. The van der Waals surface area contributed by atoms with Gasteiger partial charge in [0.05, 0.1) is 25.2 Å². The number of hydrogen-bond acceptors (Lipinski definition) is 5. The van der Waals surface area contributed by atoms with E-state index in [1.165, 1.54) is 12.8 Å². The molecule has 0 unspecified atom stereocenters. The van der Waals surface area contributed by atoms with Gasteiger partial charge in [-0.1, -0.05) is 12.2 Å². The van der Waals surface area contributed by atoms with Crippen molar-refractivity contribution in [1.29, 1.82) is 0 Å². The molecule has 30 heavy (non-hydrogen) atoms. The lowest BCUT2D eigenvalue weighted by atomic mass is 9.86. The van der Waals surface area contributed by atoms with E-state index in [0.717, 1.165) is 12.2 Å². The van der Waals surface area contributed by atoms with Crippen LogP contribution >= 0.6 is 0 Å². The maximum absolute atomic E-state index is 13.7. The summed E-state index contributed by atoms with van der Waals surface area (Å²) in [6, 6.07) is 3.77. The molecular weight excluding hydrogens is 382 g/mol. The van der Waals surface area contributed by atoms with Gasteiger partial charge in [0.15, 0.2) is 0 Å². The Labute approximate surface area is 176 Å². The van der Waals surface area contributed by atoms with Gasteiger partial charge in [-0.05, 0) is 37.8 Å². The van der Waals surface area contributed by atoms with Crippen molar-refractivity contribution in [1.82, 2.24) is 14.4 Å². The largest absolute Gasteiger partial charge is 0.396 e. The van der Waals surface area contributed by atoms with Gasteiger partial charge in [0.2, 0.25) is 5.91 Å². The Morgan fingerprint density at radius 3 is 2.70 bits per heavy atom. The number of aliphatic hydroxyl groups is 1. The summed E-state index contributed by atoms with van der Waals surface area (Å²) in [4.78, 5) is 31.1. The second kappa shape index (κ2) is 7.94. The zero-order chi connectivity index (χ0) is 20.8. The van der Waals surface area contributed by atoms with Gasteiger partial charge in [0.1, 0.15) is 0 Å². The fourth-order valence-corrected chi connectivity index (χ4v) is 5.67. The topological polar surface area (TPSA) is 75.0 Å². The van der Waals surface area contributed by atoms with Gasteiger partial charge in [0.25, 0.3) is 5.56 Å². The van der Waals surface area contributed by atoms with E-state index in [2.05, 4.69) is 4.90 Å². The molecule has 3 aliphatic heterocycles. The summed E-state index contributed by atoms with van der Waals surface area (Å²) in [6.07, 6.45) is 6.18. The lowest BCUT2D eigenvalue weighted by Gasteiger charge is -2.39. The van der Waals surface area contributed by atoms with E-state index in [9.17, 15) is 14.7 Å². The van der Waals surface area contributed by atoms with Crippen molar-refractivity contribution in [2.24, 2.45) is 17.8 Å². The number of fused-ring (bicyclic) bond motifs is 4. The third-order valence-corrected chi connectivity index (χ3v) is 7.32. The summed E-state index contributed by atoms with van der Waals surface area (Å²) in [5.74, 6) is 0.294. The van der Waals surface area contributed by atoms with Crippen LogP contribution in [0, 0.1) is 17.8 Å². The van der Waals surface area contributed by atoms with Gasteiger partial charge in [-0.25, -0.2) is 0 Å². The molecule has 1 amide bonds. The Balaban J connectivity index is 1.58. The van der Waals surface area contributed by atoms with E-state index in [0.29, 0.717) is 44.3 Å². The molecule has 1 N–H and O–H groups in total. The summed E-state index contributed by atoms with van der Waals surface area (Å²) >= 11 is 0. The standard InChI is InChI=1S/C23H31N3O4/c1-2-3-16-6-7-18-21-20(23(29)24-8-10-30-11-9-24)17(14-27)19(13-26(18)22(16)28)25(21)12-15-4-5-15/h2-3,6-7,15,17,19-21,27H,4-5,8-14H2,1H3/b3-2+/t17-,19-,20+,21+/m1/s1. The smallest absolute Gasteiger partial charge is 0.258 e. The van der Waals surface area contributed by atoms with E-state index < -0.39 is 0 Å². The fraction of sp³-hybridized carbons (Fsp3) is 0.652. The summed E-state index contributed by atoms with van der Waals surface area (Å²) in [6.45, 7) is 5.68. The fourth-order valence-electron chi connectivity index (χ4n) is 5.67. The zero-order valence-electron chi connectivity index (χ0n) is 17.6. The first-order valence-corrected chi connectivity index (χ1v) is 11.2. The monoisotopic (exact) mass is 413 g/mol. The van der Waals surface area contributed by atoms with Crippen LogP contribution in [0.5, 0.6) is 0 Å². The second-order valence-electron chi connectivity index (χ2n) is 9.09. The number of carbonyl (C=O) groups is 1. The molecule has 7 heteroatoms. The van der Waals surface area contributed by atoms with Crippen LogP contribution in [0.3, 0.4) is 0 Å². The van der Waals surface area contributed by atoms with Crippen molar-refractivity contribution in [3.63, 3.8) is 0 Å². The SMILES string of the molecule is C/C=C/c1ccc2n(c1=O)C[C@@H]1[C@@H](CO)[C@H](C(=O)N3CCOCC3)[C@H]2N1CC1CC1. The normalized spacial score (nSPS) is 31.3. The molecule has 7 nitrogen and oxygen atoms in total. The van der Waals surface area contributed by atoms with Crippen LogP contribution < -0.4 is 5.56 Å². The lowest BCUT2D eigenvalue weighted by molar-refractivity contribution is -0.142. The van der Waals surface area contributed by atoms with Crippen LogP contribution in [0.25, 0.3) is 6.08 Å². The third-order valence-electron chi connectivity index (χ3n) is 7.32. The van der Waals surface area contributed by atoms with Gasteiger partial charge in [-0.3, -0.25) is 14.5 Å². The predicted molar refractivity (Wildman–Crippen MR) is 113 cm³/mol. The number of rotatable bonds is 5. The highest BCUT2D eigenvalue weighted by atomic mass is 16.5. The maximum atomic E-state index is 13.7. The molecule has 4 heterocycles. The molecule has 1 aromatic rings. The van der Waals surface area contributed by atoms with Crippen LogP contribution in [0.4, 0.5) is 0 Å². The van der Waals surface area contributed by atoms with Crippen LogP contribution in [0.15, 0.2) is 23.0 Å². The number of pyridine rings is 1. The Hall–Kier alpha value is -1.96. The summed E-state index contributed by atoms with van der Waals surface area (Å²) < 4.78 is 7.30. The predicted octanol–water partition coefficient (Wildman–Crippen LogP) is 1.11. The first-order chi connectivity index (χ1) is 14.6. The molecular formula is C23H31N3O4. The molecule has 2 saturated heterocycles. The van der Waals surface area contributed by atoms with Crippen molar-refractivity contribution in [3.8, 4) is 0 Å². The molecule has 3 fully saturated rings. The summed E-state index contributed by atoms with van der Waals surface area (Å²) in [7, 11) is 0. The van der Waals surface area contributed by atoms with E-state index in [1.54, 1.807) is 0 Å². The average Bonchev–Trinajstić information content (AvgIpc) is 3.55. The number of carbonyl (C=O) groups excluding carboxylic acids is 1. The number of aromatic nitrogens is 1. The van der Waals surface area contributed by atoms with Crippen LogP contribution in [0.2, 0.25) is 0 Å². The molecule has 4 atom stereocenters. The summed E-state index contributed by atoms with van der Waals surface area (Å²) in [5, 5.41) is 10.4. The number of hydrogen-bond donors (Lipinski definition) is 1. The Bertz CT molecular complexity index is 900. The van der Waals surface area contributed by atoms with Gasteiger partial charge in [-0.2, -0.15) is 0 Å². The van der Waals surface area contributed by atoms with Crippen LogP contribution in [-0.2, 0) is 16.1 Å². The van der Waals surface area contributed by atoms with E-state index in [-0.39, 0.29) is 42.0 Å². The number of ether oxygens (including phenoxy) is 1. The number of morpholine rings is 1. The average molecular weight is 414 g/mol. The van der Waals surface area contributed by atoms with Gasteiger partial charge < -0.3 is 19.3 Å². The Kier molecular flexibility index (Phi) is 5.29. The number of aliphatic hydroxyl groups excluding tert-OH is 1. The highest BCUT2D eigenvalue weighted by Crippen LogP contribution is 2.50. The van der Waals surface area contributed by atoms with E-state index >= 15 is 0 Å². The zero-order valence-corrected chi connectivity index (χ0v) is 17.6. The molecule has 0 radical (unpaired) electrons. The molecule has 4 aliphatic rings. The Morgan fingerprint density at radius 1 is 1.27 bits per heavy atom. The highest BCUT2D eigenvalue weighted by molar-refractivity contribution is 5.81. The van der Waals surface area contributed by atoms with Crippen LogP contribution in [-0.4, -0.2) is 70.9 Å². The molecule has 0 spiro atoms. The second-order valence-corrected chi connectivity index (χ2v) is 9.09. The number of nitrogens with zero attached hydrogens (tertiary/aromatic N) is 3. The molecule has 1 saturated carbocycles. The van der Waals surface area contributed by atoms with Crippen molar-refractivity contribution in [2.75, 3.05) is 39.5 Å². The van der Waals surface area contributed by atoms with Gasteiger partial charge in [0, 0.05) is 56.0 Å². The molecule has 5 rings (SSSR count). The van der Waals surface area contributed by atoms with Crippen LogP contribution in [0.1, 0.15) is 37.1 Å². The first-order valence-electron chi connectivity index (χ1n) is 11.2.